The lowest BCUT2D eigenvalue weighted by Crippen LogP contribution is -2.10. The molecule has 118 valence electrons. The number of hydrogen-bond donors (Lipinski definition) is 1. The monoisotopic (exact) mass is 330 g/mol. The van der Waals surface area contributed by atoms with Crippen LogP contribution in [0.4, 0.5) is 5.82 Å². The molecule has 0 saturated heterocycles. The van der Waals surface area contributed by atoms with E-state index < -0.39 is 5.97 Å². The van der Waals surface area contributed by atoms with Gasteiger partial charge >= 0.3 is 5.97 Å². The number of nitrogens with one attached hydrogen (secondary N) is 1. The Morgan fingerprint density at radius 3 is 2.83 bits per heavy atom. The molecule has 0 amide bonds. The highest BCUT2D eigenvalue weighted by Gasteiger charge is 2.10. The van der Waals surface area contributed by atoms with Crippen molar-refractivity contribution in [2.75, 3.05) is 11.9 Å². The van der Waals surface area contributed by atoms with Gasteiger partial charge in [0.15, 0.2) is 5.57 Å². The molecule has 23 heavy (non-hydrogen) atoms. The van der Waals surface area contributed by atoms with Crippen LogP contribution in [0.3, 0.4) is 0 Å². The molecule has 6 nitrogen and oxygen atoms in total. The Labute approximate surface area is 138 Å². The van der Waals surface area contributed by atoms with Crippen molar-refractivity contribution in [3.8, 4) is 6.07 Å². The van der Waals surface area contributed by atoms with Crippen LogP contribution < -0.4 is 5.32 Å². The molecule has 1 heterocycles. The summed E-state index contributed by atoms with van der Waals surface area (Å²) < 4.78 is 6.51. The summed E-state index contributed by atoms with van der Waals surface area (Å²) in [6, 6.07) is 11.0. The number of nitriles is 1. The smallest absolute Gasteiger partial charge is 0.350 e. The molecule has 2 aromatic rings. The van der Waals surface area contributed by atoms with E-state index in [1.165, 1.54) is 6.20 Å². The number of nitrogens with zero attached hydrogens (tertiary/aromatic N) is 3. The third kappa shape index (κ3) is 4.59. The number of aromatic nitrogens is 2. The van der Waals surface area contributed by atoms with Crippen molar-refractivity contribution in [2.45, 2.75) is 13.5 Å². The molecule has 1 aromatic heterocycles. The number of carbonyl (C=O) groups is 1. The summed E-state index contributed by atoms with van der Waals surface area (Å²) in [5.41, 5.74) is 0.919. The van der Waals surface area contributed by atoms with Gasteiger partial charge in [-0.15, -0.1) is 0 Å². The molecule has 2 rings (SSSR count). The van der Waals surface area contributed by atoms with Gasteiger partial charge in [-0.05, 0) is 24.6 Å². The zero-order valence-electron chi connectivity index (χ0n) is 12.5. The Bertz CT molecular complexity index is 744. The number of hydrogen-bond acceptors (Lipinski definition) is 5. The van der Waals surface area contributed by atoms with Gasteiger partial charge in [-0.1, -0.05) is 23.7 Å². The van der Waals surface area contributed by atoms with Crippen LogP contribution in [-0.2, 0) is 16.1 Å². The first kappa shape index (κ1) is 16.6. The molecule has 0 atom stereocenters. The SMILES string of the molecule is CCOC(=O)/C(C#N)=C/Nc1ccnn1Cc1ccc(Cl)cc1. The van der Waals surface area contributed by atoms with Crippen LogP contribution in [0, 0.1) is 11.3 Å². The largest absolute Gasteiger partial charge is 0.462 e. The number of benzene rings is 1. The van der Waals surface area contributed by atoms with Gasteiger partial charge in [-0.2, -0.15) is 10.4 Å². The third-order valence-corrected chi connectivity index (χ3v) is 3.19. The van der Waals surface area contributed by atoms with E-state index >= 15 is 0 Å². The van der Waals surface area contributed by atoms with Crippen LogP contribution >= 0.6 is 11.6 Å². The maximum Gasteiger partial charge on any atom is 0.350 e. The summed E-state index contributed by atoms with van der Waals surface area (Å²) in [6.07, 6.45) is 2.94. The van der Waals surface area contributed by atoms with Crippen molar-refractivity contribution in [1.82, 2.24) is 9.78 Å². The lowest BCUT2D eigenvalue weighted by molar-refractivity contribution is -0.138. The zero-order valence-corrected chi connectivity index (χ0v) is 13.2. The van der Waals surface area contributed by atoms with Crippen molar-refractivity contribution in [1.29, 1.82) is 5.26 Å². The molecule has 0 saturated carbocycles. The van der Waals surface area contributed by atoms with Gasteiger partial charge in [0.25, 0.3) is 0 Å². The first-order chi connectivity index (χ1) is 11.1. The molecule has 0 fully saturated rings. The summed E-state index contributed by atoms with van der Waals surface area (Å²) in [5, 5.41) is 16.8. The minimum Gasteiger partial charge on any atom is -0.462 e. The maximum absolute atomic E-state index is 11.6. The molecule has 7 heteroatoms. The summed E-state index contributed by atoms with van der Waals surface area (Å²) in [6.45, 7) is 2.43. The molecular formula is C16H15ClN4O2. The number of rotatable bonds is 6. The fourth-order valence-corrected chi connectivity index (χ4v) is 1.96. The second-order valence-electron chi connectivity index (χ2n) is 4.54. The second kappa shape index (κ2) is 8.01. The van der Waals surface area contributed by atoms with Gasteiger partial charge < -0.3 is 10.1 Å². The van der Waals surface area contributed by atoms with Gasteiger partial charge in [-0.25, -0.2) is 9.48 Å². The van der Waals surface area contributed by atoms with Gasteiger partial charge in [0.05, 0.1) is 19.3 Å². The molecule has 0 bridgehead atoms. The van der Waals surface area contributed by atoms with E-state index in [4.69, 9.17) is 21.6 Å². The Kier molecular flexibility index (Phi) is 5.78. The van der Waals surface area contributed by atoms with E-state index in [0.29, 0.717) is 17.4 Å². The normalized spacial score (nSPS) is 10.9. The predicted molar refractivity (Wildman–Crippen MR) is 86.7 cm³/mol. The number of halogens is 1. The predicted octanol–water partition coefficient (Wildman–Crippen LogP) is 2.97. The van der Waals surface area contributed by atoms with E-state index in [2.05, 4.69) is 10.4 Å². The minimum atomic E-state index is -0.661. The first-order valence-corrected chi connectivity index (χ1v) is 7.32. The average Bonchev–Trinajstić information content (AvgIpc) is 2.98. The standard InChI is InChI=1S/C16H15ClN4O2/c1-2-23-16(22)13(9-18)10-19-15-7-8-20-21(15)11-12-3-5-14(17)6-4-12/h3-8,10,19H,2,11H2,1H3/b13-10+. The lowest BCUT2D eigenvalue weighted by atomic mass is 10.2. The molecule has 0 spiro atoms. The maximum atomic E-state index is 11.6. The van der Waals surface area contributed by atoms with E-state index in [-0.39, 0.29) is 12.2 Å². The molecule has 1 aromatic carbocycles. The highest BCUT2D eigenvalue weighted by molar-refractivity contribution is 6.30. The van der Waals surface area contributed by atoms with Crippen molar-refractivity contribution in [2.24, 2.45) is 0 Å². The number of ether oxygens (including phenoxy) is 1. The Morgan fingerprint density at radius 2 is 2.17 bits per heavy atom. The highest BCUT2D eigenvalue weighted by atomic mass is 35.5. The molecule has 0 radical (unpaired) electrons. The Morgan fingerprint density at radius 1 is 1.43 bits per heavy atom. The highest BCUT2D eigenvalue weighted by Crippen LogP contribution is 2.14. The molecule has 0 aliphatic heterocycles. The van der Waals surface area contributed by atoms with Gasteiger partial charge in [0.2, 0.25) is 0 Å². The fourth-order valence-electron chi connectivity index (χ4n) is 1.84. The summed E-state index contributed by atoms with van der Waals surface area (Å²) in [5.74, 6) is -0.0109. The summed E-state index contributed by atoms with van der Waals surface area (Å²) in [4.78, 5) is 11.6. The number of anilines is 1. The molecule has 0 unspecified atom stereocenters. The van der Waals surface area contributed by atoms with E-state index in [9.17, 15) is 4.79 Å². The topological polar surface area (TPSA) is 79.9 Å². The minimum absolute atomic E-state index is 0.105. The van der Waals surface area contributed by atoms with Crippen LogP contribution in [0.1, 0.15) is 12.5 Å². The van der Waals surface area contributed by atoms with Crippen molar-refractivity contribution < 1.29 is 9.53 Å². The molecule has 1 N–H and O–H groups in total. The average molecular weight is 331 g/mol. The van der Waals surface area contributed by atoms with Crippen molar-refractivity contribution in [3.63, 3.8) is 0 Å². The van der Waals surface area contributed by atoms with Crippen LogP contribution in [0.2, 0.25) is 5.02 Å². The van der Waals surface area contributed by atoms with Gasteiger partial charge in [0, 0.05) is 17.3 Å². The lowest BCUT2D eigenvalue weighted by Gasteiger charge is -2.08. The van der Waals surface area contributed by atoms with Crippen LogP contribution in [0.25, 0.3) is 0 Å². The van der Waals surface area contributed by atoms with E-state index in [1.54, 1.807) is 29.9 Å². The second-order valence-corrected chi connectivity index (χ2v) is 4.97. The fraction of sp³-hybridized carbons (Fsp3) is 0.188. The van der Waals surface area contributed by atoms with E-state index in [0.717, 1.165) is 5.56 Å². The van der Waals surface area contributed by atoms with Crippen LogP contribution in [-0.4, -0.2) is 22.4 Å². The number of esters is 1. The van der Waals surface area contributed by atoms with E-state index in [1.807, 2.05) is 24.3 Å². The summed E-state index contributed by atoms with van der Waals surface area (Å²) in [7, 11) is 0. The number of carbonyl (C=O) groups excluding carboxylic acids is 1. The van der Waals surface area contributed by atoms with Crippen LogP contribution in [0.15, 0.2) is 48.3 Å². The molecular weight excluding hydrogens is 316 g/mol. The van der Waals surface area contributed by atoms with Gasteiger partial charge in [-0.3, -0.25) is 0 Å². The summed E-state index contributed by atoms with van der Waals surface area (Å²) >= 11 is 5.86. The van der Waals surface area contributed by atoms with Crippen molar-refractivity contribution in [3.05, 3.63) is 58.9 Å². The van der Waals surface area contributed by atoms with Crippen molar-refractivity contribution >= 4 is 23.4 Å². The molecule has 0 aliphatic carbocycles. The third-order valence-electron chi connectivity index (χ3n) is 2.94. The molecule has 0 aliphatic rings. The first-order valence-electron chi connectivity index (χ1n) is 6.94. The quantitative estimate of drug-likeness (QED) is 0.500. The van der Waals surface area contributed by atoms with Gasteiger partial charge in [0.1, 0.15) is 11.9 Å². The zero-order chi connectivity index (χ0) is 16.7. The Balaban J connectivity index is 2.10. The Hall–Kier alpha value is -2.78. The van der Waals surface area contributed by atoms with Crippen LogP contribution in [0.5, 0.6) is 0 Å².